The summed E-state index contributed by atoms with van der Waals surface area (Å²) in [5.41, 5.74) is 0.111. The summed E-state index contributed by atoms with van der Waals surface area (Å²) in [6.45, 7) is 2.24. The van der Waals surface area contributed by atoms with Crippen LogP contribution in [0.5, 0.6) is 0 Å². The van der Waals surface area contributed by atoms with Crippen LogP contribution in [-0.4, -0.2) is 17.8 Å². The van der Waals surface area contributed by atoms with Crippen LogP contribution in [0.3, 0.4) is 0 Å². The normalized spacial score (nSPS) is 13.8. The summed E-state index contributed by atoms with van der Waals surface area (Å²) >= 11 is 0. The molecule has 90 valence electrons. The minimum Gasteiger partial charge on any atom is -0.395 e. The molecule has 0 bridgehead atoms. The van der Waals surface area contributed by atoms with E-state index in [2.05, 4.69) is 5.32 Å². The molecule has 1 aromatic rings. The van der Waals surface area contributed by atoms with Crippen LogP contribution in [0.2, 0.25) is 0 Å². The highest BCUT2D eigenvalue weighted by Gasteiger charge is 2.29. The number of hydrogen-bond donors (Lipinski definition) is 2. The van der Waals surface area contributed by atoms with Gasteiger partial charge < -0.3 is 10.4 Å². The highest BCUT2D eigenvalue weighted by Crippen LogP contribution is 2.28. The Morgan fingerprint density at radius 3 is 2.25 bits per heavy atom. The molecular weight excluding hydrogens is 219 g/mol. The van der Waals surface area contributed by atoms with Gasteiger partial charge in [0.1, 0.15) is 0 Å². The SMILES string of the molecule is C[C@@H](CO)NCc1ccc(C(F)(F)F)cc1. The molecule has 1 rings (SSSR count). The average molecular weight is 233 g/mol. The first-order valence-electron chi connectivity index (χ1n) is 4.94. The van der Waals surface area contributed by atoms with Gasteiger partial charge in [-0.2, -0.15) is 13.2 Å². The van der Waals surface area contributed by atoms with Crippen LogP contribution in [0.1, 0.15) is 18.1 Å². The monoisotopic (exact) mass is 233 g/mol. The van der Waals surface area contributed by atoms with Crippen molar-refractivity contribution >= 4 is 0 Å². The van der Waals surface area contributed by atoms with Crippen molar-refractivity contribution in [1.82, 2.24) is 5.32 Å². The summed E-state index contributed by atoms with van der Waals surface area (Å²) in [5, 5.41) is 11.7. The van der Waals surface area contributed by atoms with E-state index in [9.17, 15) is 13.2 Å². The van der Waals surface area contributed by atoms with Gasteiger partial charge in [-0.3, -0.25) is 0 Å². The summed E-state index contributed by atoms with van der Waals surface area (Å²) in [4.78, 5) is 0. The minimum atomic E-state index is -4.29. The van der Waals surface area contributed by atoms with Gasteiger partial charge in [-0.1, -0.05) is 12.1 Å². The van der Waals surface area contributed by atoms with Crippen LogP contribution in [0.25, 0.3) is 0 Å². The third-order valence-corrected chi connectivity index (χ3v) is 2.21. The first-order chi connectivity index (χ1) is 7.43. The summed E-state index contributed by atoms with van der Waals surface area (Å²) in [6, 6.07) is 4.91. The van der Waals surface area contributed by atoms with Gasteiger partial charge in [0, 0.05) is 12.6 Å². The zero-order valence-electron chi connectivity index (χ0n) is 8.88. The molecule has 1 aromatic carbocycles. The van der Waals surface area contributed by atoms with Gasteiger partial charge in [-0.15, -0.1) is 0 Å². The van der Waals surface area contributed by atoms with Crippen LogP contribution >= 0.6 is 0 Å². The Balaban J connectivity index is 2.58. The molecule has 0 amide bonds. The number of alkyl halides is 3. The van der Waals surface area contributed by atoms with E-state index in [4.69, 9.17) is 5.11 Å². The summed E-state index contributed by atoms with van der Waals surface area (Å²) in [6.07, 6.45) is -4.29. The third-order valence-electron chi connectivity index (χ3n) is 2.21. The number of rotatable bonds is 4. The smallest absolute Gasteiger partial charge is 0.395 e. The predicted octanol–water partition coefficient (Wildman–Crippen LogP) is 2.18. The lowest BCUT2D eigenvalue weighted by Gasteiger charge is -2.11. The molecule has 5 heteroatoms. The van der Waals surface area contributed by atoms with E-state index >= 15 is 0 Å². The lowest BCUT2D eigenvalue weighted by molar-refractivity contribution is -0.137. The molecule has 0 fully saturated rings. The molecule has 0 aliphatic heterocycles. The standard InChI is InChI=1S/C11H14F3NO/c1-8(7-16)15-6-9-2-4-10(5-3-9)11(12,13)14/h2-5,8,15-16H,6-7H2,1H3/t8-/m0/s1. The second-order valence-corrected chi connectivity index (χ2v) is 3.66. The molecule has 0 saturated carbocycles. The first kappa shape index (κ1) is 13.0. The number of benzene rings is 1. The van der Waals surface area contributed by atoms with E-state index in [1.54, 1.807) is 6.92 Å². The van der Waals surface area contributed by atoms with E-state index in [0.29, 0.717) is 6.54 Å². The van der Waals surface area contributed by atoms with Crippen molar-refractivity contribution in [3.8, 4) is 0 Å². The molecule has 2 N–H and O–H groups in total. The lowest BCUT2D eigenvalue weighted by atomic mass is 10.1. The maximum Gasteiger partial charge on any atom is 0.416 e. The van der Waals surface area contributed by atoms with Crippen molar-refractivity contribution in [3.63, 3.8) is 0 Å². The summed E-state index contributed by atoms with van der Waals surface area (Å²) in [5.74, 6) is 0. The second-order valence-electron chi connectivity index (χ2n) is 3.66. The number of nitrogens with one attached hydrogen (secondary N) is 1. The number of aliphatic hydroxyl groups is 1. The number of halogens is 3. The van der Waals surface area contributed by atoms with E-state index in [1.165, 1.54) is 12.1 Å². The molecule has 1 atom stereocenters. The van der Waals surface area contributed by atoms with Gasteiger partial charge in [0.15, 0.2) is 0 Å². The van der Waals surface area contributed by atoms with E-state index in [0.717, 1.165) is 17.7 Å². The van der Waals surface area contributed by atoms with Crippen molar-refractivity contribution in [2.45, 2.75) is 25.7 Å². The molecule has 2 nitrogen and oxygen atoms in total. The Morgan fingerprint density at radius 2 is 1.81 bits per heavy atom. The molecule has 0 radical (unpaired) electrons. The second kappa shape index (κ2) is 5.32. The van der Waals surface area contributed by atoms with Crippen LogP contribution < -0.4 is 5.32 Å². The Morgan fingerprint density at radius 1 is 1.25 bits per heavy atom. The molecule has 0 aromatic heterocycles. The summed E-state index contributed by atoms with van der Waals surface area (Å²) in [7, 11) is 0. The van der Waals surface area contributed by atoms with Gasteiger partial charge in [0.2, 0.25) is 0 Å². The van der Waals surface area contributed by atoms with Crippen LogP contribution in [0.15, 0.2) is 24.3 Å². The van der Waals surface area contributed by atoms with Crippen molar-refractivity contribution in [1.29, 1.82) is 0 Å². The van der Waals surface area contributed by atoms with E-state index < -0.39 is 11.7 Å². The summed E-state index contributed by atoms with van der Waals surface area (Å²) < 4.78 is 36.7. The predicted molar refractivity (Wildman–Crippen MR) is 54.8 cm³/mol. The number of hydrogen-bond acceptors (Lipinski definition) is 2. The molecule has 0 aliphatic rings. The van der Waals surface area contributed by atoms with Gasteiger partial charge in [0.05, 0.1) is 12.2 Å². The van der Waals surface area contributed by atoms with Crippen LogP contribution in [0, 0.1) is 0 Å². The van der Waals surface area contributed by atoms with Crippen LogP contribution in [-0.2, 0) is 12.7 Å². The molecule has 0 unspecified atom stereocenters. The quantitative estimate of drug-likeness (QED) is 0.835. The van der Waals surface area contributed by atoms with Crippen molar-refractivity contribution in [2.24, 2.45) is 0 Å². The lowest BCUT2D eigenvalue weighted by Crippen LogP contribution is -2.28. The topological polar surface area (TPSA) is 32.3 Å². The molecular formula is C11H14F3NO. The Bertz CT molecular complexity index is 321. The largest absolute Gasteiger partial charge is 0.416 e. The highest BCUT2D eigenvalue weighted by atomic mass is 19.4. The fraction of sp³-hybridized carbons (Fsp3) is 0.455. The molecule has 0 saturated heterocycles. The highest BCUT2D eigenvalue weighted by molar-refractivity contribution is 5.24. The Labute approximate surface area is 92.1 Å². The molecule has 0 heterocycles. The van der Waals surface area contributed by atoms with Gasteiger partial charge in [-0.05, 0) is 24.6 Å². The minimum absolute atomic E-state index is 0.000630. The van der Waals surface area contributed by atoms with Gasteiger partial charge in [0.25, 0.3) is 0 Å². The van der Waals surface area contributed by atoms with Crippen molar-refractivity contribution < 1.29 is 18.3 Å². The average Bonchev–Trinajstić information content (AvgIpc) is 2.25. The fourth-order valence-corrected chi connectivity index (χ4v) is 1.17. The maximum absolute atomic E-state index is 12.2. The zero-order chi connectivity index (χ0) is 12.2. The van der Waals surface area contributed by atoms with Gasteiger partial charge >= 0.3 is 6.18 Å². The van der Waals surface area contributed by atoms with Crippen molar-refractivity contribution in [2.75, 3.05) is 6.61 Å². The first-order valence-corrected chi connectivity index (χ1v) is 4.94. The van der Waals surface area contributed by atoms with E-state index in [-0.39, 0.29) is 12.6 Å². The Hall–Kier alpha value is -1.07. The van der Waals surface area contributed by atoms with Gasteiger partial charge in [-0.25, -0.2) is 0 Å². The van der Waals surface area contributed by atoms with Crippen LogP contribution in [0.4, 0.5) is 13.2 Å². The molecule has 0 spiro atoms. The van der Waals surface area contributed by atoms with E-state index in [1.807, 2.05) is 0 Å². The molecule has 0 aliphatic carbocycles. The third kappa shape index (κ3) is 3.83. The van der Waals surface area contributed by atoms with Crippen molar-refractivity contribution in [3.05, 3.63) is 35.4 Å². The number of aliphatic hydroxyl groups excluding tert-OH is 1. The molecule has 16 heavy (non-hydrogen) atoms. The zero-order valence-corrected chi connectivity index (χ0v) is 8.88. The fourth-order valence-electron chi connectivity index (χ4n) is 1.17. The Kier molecular flexibility index (Phi) is 4.32. The maximum atomic E-state index is 12.2.